The summed E-state index contributed by atoms with van der Waals surface area (Å²) < 4.78 is 0. The average molecular weight is 398 g/mol. The second-order valence-corrected chi connectivity index (χ2v) is 5.19. The van der Waals surface area contributed by atoms with Crippen LogP contribution < -0.4 is 10.6 Å². The number of hydrogen-bond donors (Lipinski definition) is 2. The van der Waals surface area contributed by atoms with Crippen molar-refractivity contribution in [3.8, 4) is 0 Å². The molecule has 0 saturated carbocycles. The van der Waals surface area contributed by atoms with Gasteiger partial charge in [-0.1, -0.05) is 40.0 Å². The molecule has 20 heavy (non-hydrogen) atoms. The minimum atomic E-state index is 0. The molecule has 122 valence electrons. The summed E-state index contributed by atoms with van der Waals surface area (Å²) in [5, 5.41) is 6.81. The molecule has 0 saturated heterocycles. The SMILES string of the molecule is CCCCC(CC)CNC(=NC)NCCN(C)CC.I. The van der Waals surface area contributed by atoms with Gasteiger partial charge in [0.1, 0.15) is 0 Å². The highest BCUT2D eigenvalue weighted by Crippen LogP contribution is 2.10. The molecule has 0 amide bonds. The Morgan fingerprint density at radius 2 is 1.90 bits per heavy atom. The molecule has 0 rings (SSSR count). The molecule has 0 aliphatic rings. The van der Waals surface area contributed by atoms with Crippen LogP contribution in [0.2, 0.25) is 0 Å². The van der Waals surface area contributed by atoms with E-state index in [1.807, 2.05) is 7.05 Å². The number of aliphatic imine (C=N–C) groups is 1. The molecule has 1 unspecified atom stereocenters. The van der Waals surface area contributed by atoms with Crippen LogP contribution >= 0.6 is 24.0 Å². The Hall–Kier alpha value is -0.0400. The quantitative estimate of drug-likeness (QED) is 0.338. The van der Waals surface area contributed by atoms with Crippen molar-refractivity contribution in [2.24, 2.45) is 10.9 Å². The Morgan fingerprint density at radius 1 is 1.20 bits per heavy atom. The molecular formula is C15H35IN4. The van der Waals surface area contributed by atoms with Gasteiger partial charge in [-0.05, 0) is 25.9 Å². The standard InChI is InChI=1S/C15H34N4.HI/c1-6-9-10-14(7-2)13-18-15(16-4)17-11-12-19(5)8-3;/h14H,6-13H2,1-5H3,(H2,16,17,18);1H. The van der Waals surface area contributed by atoms with E-state index in [1.165, 1.54) is 25.7 Å². The highest BCUT2D eigenvalue weighted by molar-refractivity contribution is 14.0. The van der Waals surface area contributed by atoms with Gasteiger partial charge in [0.05, 0.1) is 0 Å². The van der Waals surface area contributed by atoms with Crippen LogP contribution in [0, 0.1) is 5.92 Å². The maximum atomic E-state index is 4.27. The summed E-state index contributed by atoms with van der Waals surface area (Å²) in [5.41, 5.74) is 0. The minimum Gasteiger partial charge on any atom is -0.356 e. The van der Waals surface area contributed by atoms with E-state index in [0.717, 1.165) is 38.1 Å². The summed E-state index contributed by atoms with van der Waals surface area (Å²) in [6, 6.07) is 0. The van der Waals surface area contributed by atoms with E-state index in [0.29, 0.717) is 0 Å². The van der Waals surface area contributed by atoms with Gasteiger partial charge in [-0.3, -0.25) is 4.99 Å². The van der Waals surface area contributed by atoms with Gasteiger partial charge in [-0.15, -0.1) is 24.0 Å². The molecule has 2 N–H and O–H groups in total. The summed E-state index contributed by atoms with van der Waals surface area (Å²) in [6.07, 6.45) is 5.17. The summed E-state index contributed by atoms with van der Waals surface area (Å²) in [5.74, 6) is 1.69. The monoisotopic (exact) mass is 398 g/mol. The molecule has 0 aliphatic carbocycles. The van der Waals surface area contributed by atoms with Gasteiger partial charge in [-0.2, -0.15) is 0 Å². The summed E-state index contributed by atoms with van der Waals surface area (Å²) in [4.78, 5) is 6.56. The van der Waals surface area contributed by atoms with Crippen molar-refractivity contribution >= 4 is 29.9 Å². The summed E-state index contributed by atoms with van der Waals surface area (Å²) >= 11 is 0. The van der Waals surface area contributed by atoms with Gasteiger partial charge < -0.3 is 15.5 Å². The van der Waals surface area contributed by atoms with Crippen molar-refractivity contribution < 1.29 is 0 Å². The second-order valence-electron chi connectivity index (χ2n) is 5.19. The van der Waals surface area contributed by atoms with Gasteiger partial charge in [-0.25, -0.2) is 0 Å². The second kappa shape index (κ2) is 15.4. The Morgan fingerprint density at radius 3 is 2.40 bits per heavy atom. The Bertz CT molecular complexity index is 234. The van der Waals surface area contributed by atoms with E-state index >= 15 is 0 Å². The molecule has 5 heteroatoms. The first-order chi connectivity index (χ1) is 9.17. The van der Waals surface area contributed by atoms with Crippen molar-refractivity contribution in [3.05, 3.63) is 0 Å². The average Bonchev–Trinajstić information content (AvgIpc) is 2.44. The Labute approximate surface area is 143 Å². The van der Waals surface area contributed by atoms with E-state index in [2.05, 4.69) is 48.3 Å². The number of unbranched alkanes of at least 4 members (excludes halogenated alkanes) is 1. The van der Waals surface area contributed by atoms with E-state index in [1.54, 1.807) is 0 Å². The first-order valence-electron chi connectivity index (χ1n) is 7.80. The topological polar surface area (TPSA) is 39.7 Å². The molecule has 0 bridgehead atoms. The highest BCUT2D eigenvalue weighted by Gasteiger charge is 2.06. The van der Waals surface area contributed by atoms with Crippen molar-refractivity contribution in [1.82, 2.24) is 15.5 Å². The highest BCUT2D eigenvalue weighted by atomic mass is 127. The normalized spacial score (nSPS) is 13.0. The lowest BCUT2D eigenvalue weighted by Crippen LogP contribution is -2.42. The lowest BCUT2D eigenvalue weighted by atomic mass is 9.99. The van der Waals surface area contributed by atoms with Crippen molar-refractivity contribution in [3.63, 3.8) is 0 Å². The first-order valence-corrected chi connectivity index (χ1v) is 7.80. The zero-order valence-corrected chi connectivity index (χ0v) is 16.4. The molecule has 0 heterocycles. The van der Waals surface area contributed by atoms with Crippen LogP contribution in [0.25, 0.3) is 0 Å². The Balaban J connectivity index is 0. The predicted molar refractivity (Wildman–Crippen MR) is 101 cm³/mol. The van der Waals surface area contributed by atoms with Crippen LogP contribution in [0.3, 0.4) is 0 Å². The molecule has 0 spiro atoms. The predicted octanol–water partition coefficient (Wildman–Crippen LogP) is 2.94. The maximum absolute atomic E-state index is 4.27. The third-order valence-corrected chi connectivity index (χ3v) is 3.65. The zero-order valence-electron chi connectivity index (χ0n) is 14.0. The zero-order chi connectivity index (χ0) is 14.5. The smallest absolute Gasteiger partial charge is 0.191 e. The molecule has 1 atom stereocenters. The van der Waals surface area contributed by atoms with E-state index in [4.69, 9.17) is 0 Å². The van der Waals surface area contributed by atoms with Gasteiger partial charge >= 0.3 is 0 Å². The van der Waals surface area contributed by atoms with Crippen LogP contribution in [0.5, 0.6) is 0 Å². The summed E-state index contributed by atoms with van der Waals surface area (Å²) in [6.45, 7) is 10.8. The number of nitrogens with zero attached hydrogens (tertiary/aromatic N) is 2. The molecule has 0 aromatic rings. The molecular weight excluding hydrogens is 363 g/mol. The van der Waals surface area contributed by atoms with Crippen molar-refractivity contribution in [2.75, 3.05) is 40.3 Å². The van der Waals surface area contributed by atoms with Crippen LogP contribution in [-0.2, 0) is 0 Å². The van der Waals surface area contributed by atoms with Gasteiger partial charge in [0.25, 0.3) is 0 Å². The number of hydrogen-bond acceptors (Lipinski definition) is 2. The number of guanidine groups is 1. The van der Waals surface area contributed by atoms with Gasteiger partial charge in [0.15, 0.2) is 5.96 Å². The molecule has 4 nitrogen and oxygen atoms in total. The van der Waals surface area contributed by atoms with E-state index < -0.39 is 0 Å². The third-order valence-electron chi connectivity index (χ3n) is 3.65. The minimum absolute atomic E-state index is 0. The van der Waals surface area contributed by atoms with E-state index in [-0.39, 0.29) is 24.0 Å². The van der Waals surface area contributed by atoms with Crippen LogP contribution in [0.15, 0.2) is 4.99 Å². The number of halogens is 1. The summed E-state index contributed by atoms with van der Waals surface area (Å²) in [7, 11) is 3.97. The van der Waals surface area contributed by atoms with Gasteiger partial charge in [0, 0.05) is 26.7 Å². The molecule has 0 radical (unpaired) electrons. The number of likely N-dealkylation sites (N-methyl/N-ethyl adjacent to an activating group) is 1. The van der Waals surface area contributed by atoms with Crippen molar-refractivity contribution in [2.45, 2.75) is 46.5 Å². The maximum Gasteiger partial charge on any atom is 0.191 e. The molecule has 0 fully saturated rings. The number of nitrogens with one attached hydrogen (secondary N) is 2. The number of rotatable bonds is 10. The van der Waals surface area contributed by atoms with Crippen molar-refractivity contribution in [1.29, 1.82) is 0 Å². The first kappa shape index (κ1) is 22.2. The van der Waals surface area contributed by atoms with Crippen LogP contribution in [-0.4, -0.2) is 51.1 Å². The largest absolute Gasteiger partial charge is 0.356 e. The lowest BCUT2D eigenvalue weighted by molar-refractivity contribution is 0.356. The van der Waals surface area contributed by atoms with Crippen LogP contribution in [0.1, 0.15) is 46.5 Å². The van der Waals surface area contributed by atoms with Crippen LogP contribution in [0.4, 0.5) is 0 Å². The third kappa shape index (κ3) is 11.8. The van der Waals surface area contributed by atoms with E-state index in [9.17, 15) is 0 Å². The fourth-order valence-corrected chi connectivity index (χ4v) is 1.93. The lowest BCUT2D eigenvalue weighted by Gasteiger charge is -2.19. The molecule has 0 aromatic carbocycles. The fourth-order valence-electron chi connectivity index (χ4n) is 1.93. The fraction of sp³-hybridized carbons (Fsp3) is 0.933. The Kier molecular flexibility index (Phi) is 17.1. The molecule has 0 aromatic heterocycles. The van der Waals surface area contributed by atoms with Gasteiger partial charge in [0.2, 0.25) is 0 Å². The molecule has 0 aliphatic heterocycles.